The van der Waals surface area contributed by atoms with Crippen LogP contribution < -0.4 is 4.90 Å². The maximum Gasteiger partial charge on any atom is 0.240 e. The summed E-state index contributed by atoms with van der Waals surface area (Å²) in [6, 6.07) is 10.4. The first-order valence-electron chi connectivity index (χ1n) is 7.83. The zero-order chi connectivity index (χ0) is 14.9. The molecule has 0 N–H and O–H groups in total. The van der Waals surface area contributed by atoms with Crippen LogP contribution >= 0.6 is 11.8 Å². The number of nitrogens with zero attached hydrogens (tertiary/aromatic N) is 3. The maximum absolute atomic E-state index is 13.0. The van der Waals surface area contributed by atoms with E-state index in [4.69, 9.17) is 0 Å². The fraction of sp³-hybridized carbons (Fsp3) is 0.412. The van der Waals surface area contributed by atoms with E-state index in [2.05, 4.69) is 23.3 Å². The minimum atomic E-state index is 0.129. The highest BCUT2D eigenvalue weighted by atomic mass is 32.2. The molecule has 0 radical (unpaired) electrons. The Bertz CT molecular complexity index is 664. The van der Waals surface area contributed by atoms with Gasteiger partial charge in [0.1, 0.15) is 0 Å². The number of rotatable bonds is 2. The number of hydrogen-bond donors (Lipinski definition) is 0. The van der Waals surface area contributed by atoms with Crippen molar-refractivity contribution in [1.29, 1.82) is 0 Å². The van der Waals surface area contributed by atoms with E-state index < -0.39 is 0 Å². The topological polar surface area (TPSA) is 38.1 Å². The molecular formula is C17H19N3OS. The summed E-state index contributed by atoms with van der Waals surface area (Å²) in [5, 5.41) is 4.51. The van der Waals surface area contributed by atoms with Crippen LogP contribution in [0.2, 0.25) is 0 Å². The molecule has 4 rings (SSSR count). The van der Waals surface area contributed by atoms with E-state index >= 15 is 0 Å². The number of hydrogen-bond acceptors (Lipinski definition) is 3. The maximum atomic E-state index is 13.0. The van der Waals surface area contributed by atoms with Gasteiger partial charge in [0, 0.05) is 24.6 Å². The molecule has 1 fully saturated rings. The van der Waals surface area contributed by atoms with Crippen LogP contribution in [0.5, 0.6) is 0 Å². The molecule has 0 aliphatic carbocycles. The number of benzene rings is 1. The van der Waals surface area contributed by atoms with E-state index in [9.17, 15) is 4.79 Å². The first kappa shape index (κ1) is 13.9. The molecule has 2 aliphatic rings. The molecule has 0 saturated carbocycles. The highest BCUT2D eigenvalue weighted by Gasteiger charge is 2.34. The van der Waals surface area contributed by atoms with Crippen molar-refractivity contribution in [2.24, 2.45) is 0 Å². The Morgan fingerprint density at radius 3 is 2.95 bits per heavy atom. The minimum absolute atomic E-state index is 0.129. The second-order valence-electron chi connectivity index (χ2n) is 5.92. The zero-order valence-corrected chi connectivity index (χ0v) is 13.2. The lowest BCUT2D eigenvalue weighted by Gasteiger charge is -2.36. The standard InChI is InChI=1S/C17H19N3OS/c21-17(16-7-3-10-22-16)19-12-14(20-9-4-8-18-20)11-13-5-1-2-6-15(13)19/h1-2,4-6,8-9,14,16H,3,7,10-12H2/t14-,16-/m1/s1. The Kier molecular flexibility index (Phi) is 3.66. The first-order valence-corrected chi connectivity index (χ1v) is 8.88. The average Bonchev–Trinajstić information content (AvgIpc) is 3.26. The van der Waals surface area contributed by atoms with Crippen molar-refractivity contribution >= 4 is 23.4 Å². The van der Waals surface area contributed by atoms with Gasteiger partial charge in [-0.2, -0.15) is 5.10 Å². The van der Waals surface area contributed by atoms with Crippen LogP contribution in [-0.4, -0.2) is 33.2 Å². The second-order valence-corrected chi connectivity index (χ2v) is 7.23. The van der Waals surface area contributed by atoms with Gasteiger partial charge in [0.25, 0.3) is 0 Å². The third kappa shape index (κ3) is 2.43. The van der Waals surface area contributed by atoms with Gasteiger partial charge in [0.2, 0.25) is 5.91 Å². The van der Waals surface area contributed by atoms with E-state index in [-0.39, 0.29) is 17.2 Å². The Hall–Kier alpha value is -1.75. The average molecular weight is 313 g/mol. The molecule has 5 heteroatoms. The van der Waals surface area contributed by atoms with E-state index in [1.807, 2.05) is 27.9 Å². The number of amides is 1. The molecule has 4 nitrogen and oxygen atoms in total. The number of carbonyl (C=O) groups is 1. The van der Waals surface area contributed by atoms with E-state index in [0.29, 0.717) is 6.54 Å². The summed E-state index contributed by atoms with van der Waals surface area (Å²) in [7, 11) is 0. The third-order valence-corrected chi connectivity index (χ3v) is 5.87. The van der Waals surface area contributed by atoms with Gasteiger partial charge in [0.05, 0.1) is 11.3 Å². The number of anilines is 1. The molecule has 1 aromatic carbocycles. The van der Waals surface area contributed by atoms with Gasteiger partial charge in [-0.15, -0.1) is 11.8 Å². The SMILES string of the molecule is O=C([C@H]1CCCS1)N1C[C@H](n2cccn2)Cc2ccccc21. The van der Waals surface area contributed by atoms with E-state index in [1.54, 1.807) is 18.0 Å². The van der Waals surface area contributed by atoms with Crippen LogP contribution in [0.1, 0.15) is 24.4 Å². The van der Waals surface area contributed by atoms with Crippen LogP contribution in [0, 0.1) is 0 Å². The lowest BCUT2D eigenvalue weighted by Crippen LogP contribution is -2.44. The lowest BCUT2D eigenvalue weighted by molar-refractivity contribution is -0.118. The second kappa shape index (κ2) is 5.80. The molecule has 22 heavy (non-hydrogen) atoms. The summed E-state index contributed by atoms with van der Waals surface area (Å²) < 4.78 is 1.98. The summed E-state index contributed by atoms with van der Waals surface area (Å²) in [5.41, 5.74) is 2.33. The van der Waals surface area contributed by atoms with Crippen molar-refractivity contribution < 1.29 is 4.79 Å². The molecule has 1 saturated heterocycles. The summed E-state index contributed by atoms with van der Waals surface area (Å²) in [6.45, 7) is 0.717. The molecule has 1 amide bonds. The van der Waals surface area contributed by atoms with Crippen molar-refractivity contribution in [3.05, 3.63) is 48.3 Å². The fourth-order valence-corrected chi connectivity index (χ4v) is 4.62. The van der Waals surface area contributed by atoms with Gasteiger partial charge in [-0.05, 0) is 42.7 Å². The van der Waals surface area contributed by atoms with Crippen molar-refractivity contribution in [2.45, 2.75) is 30.6 Å². The predicted molar refractivity (Wildman–Crippen MR) is 89.2 cm³/mol. The van der Waals surface area contributed by atoms with Crippen LogP contribution in [0.15, 0.2) is 42.7 Å². The van der Waals surface area contributed by atoms with Gasteiger partial charge >= 0.3 is 0 Å². The van der Waals surface area contributed by atoms with Gasteiger partial charge in [0.15, 0.2) is 0 Å². The van der Waals surface area contributed by atoms with Crippen LogP contribution in [-0.2, 0) is 11.2 Å². The number of fused-ring (bicyclic) bond motifs is 1. The Morgan fingerprint density at radius 1 is 1.27 bits per heavy atom. The summed E-state index contributed by atoms with van der Waals surface area (Å²) in [6.07, 6.45) is 6.89. The summed E-state index contributed by atoms with van der Waals surface area (Å²) >= 11 is 1.80. The quantitative estimate of drug-likeness (QED) is 0.855. The monoisotopic (exact) mass is 313 g/mol. The van der Waals surface area contributed by atoms with Gasteiger partial charge < -0.3 is 4.90 Å². The summed E-state index contributed by atoms with van der Waals surface area (Å²) in [5.74, 6) is 1.38. The molecule has 1 aromatic heterocycles. The van der Waals surface area contributed by atoms with Gasteiger partial charge in [-0.25, -0.2) is 0 Å². The molecule has 2 aliphatic heterocycles. The number of carbonyl (C=O) groups excluding carboxylic acids is 1. The Labute approximate surface area is 134 Å². The van der Waals surface area contributed by atoms with Crippen molar-refractivity contribution in [2.75, 3.05) is 17.2 Å². The van der Waals surface area contributed by atoms with Crippen LogP contribution in [0.3, 0.4) is 0 Å². The third-order valence-electron chi connectivity index (χ3n) is 4.50. The molecule has 0 spiro atoms. The van der Waals surface area contributed by atoms with Gasteiger partial charge in [-0.3, -0.25) is 9.48 Å². The number of aromatic nitrogens is 2. The van der Waals surface area contributed by atoms with Crippen molar-refractivity contribution in [3.63, 3.8) is 0 Å². The molecule has 0 unspecified atom stereocenters. The van der Waals surface area contributed by atoms with Crippen molar-refractivity contribution in [3.8, 4) is 0 Å². The fourth-order valence-electron chi connectivity index (χ4n) is 3.40. The molecule has 0 bridgehead atoms. The smallest absolute Gasteiger partial charge is 0.240 e. The highest BCUT2D eigenvalue weighted by molar-refractivity contribution is 8.00. The molecule has 3 heterocycles. The van der Waals surface area contributed by atoms with Gasteiger partial charge in [-0.1, -0.05) is 18.2 Å². The van der Waals surface area contributed by atoms with E-state index in [0.717, 1.165) is 30.7 Å². The van der Waals surface area contributed by atoms with E-state index in [1.165, 1.54) is 5.56 Å². The minimum Gasteiger partial charge on any atom is -0.309 e. The predicted octanol–water partition coefficient (Wildman–Crippen LogP) is 2.91. The normalized spacial score (nSPS) is 24.3. The molecule has 2 aromatic rings. The molecule has 114 valence electrons. The molecule has 2 atom stereocenters. The largest absolute Gasteiger partial charge is 0.309 e. The number of thioether (sulfide) groups is 1. The lowest BCUT2D eigenvalue weighted by atomic mass is 9.97. The highest BCUT2D eigenvalue weighted by Crippen LogP contribution is 2.35. The zero-order valence-electron chi connectivity index (χ0n) is 12.4. The Morgan fingerprint density at radius 2 is 2.18 bits per heavy atom. The number of para-hydroxylation sites is 1. The van der Waals surface area contributed by atoms with Crippen LogP contribution in [0.25, 0.3) is 0 Å². The Balaban J connectivity index is 1.67. The van der Waals surface area contributed by atoms with Crippen LogP contribution in [0.4, 0.5) is 5.69 Å². The summed E-state index contributed by atoms with van der Waals surface area (Å²) in [4.78, 5) is 14.9. The first-order chi connectivity index (χ1) is 10.8. The van der Waals surface area contributed by atoms with Crippen molar-refractivity contribution in [1.82, 2.24) is 9.78 Å². The molecular weight excluding hydrogens is 294 g/mol.